The largest absolute Gasteiger partial charge is 0.494 e. The van der Waals surface area contributed by atoms with Crippen LogP contribution in [0.15, 0.2) is 42.5 Å². The number of aryl methyl sites for hydroxylation is 1. The molecule has 5 nitrogen and oxygen atoms in total. The van der Waals surface area contributed by atoms with Crippen LogP contribution in [-0.2, 0) is 0 Å². The van der Waals surface area contributed by atoms with E-state index in [0.717, 1.165) is 5.56 Å². The van der Waals surface area contributed by atoms with Crippen molar-refractivity contribution in [1.29, 1.82) is 0 Å². The molecule has 2 rings (SSSR count). The minimum absolute atomic E-state index is 0.360. The molecule has 0 unspecified atom stereocenters. The van der Waals surface area contributed by atoms with Gasteiger partial charge in [-0.15, -0.1) is 0 Å². The summed E-state index contributed by atoms with van der Waals surface area (Å²) in [4.78, 5) is 12.1. The number of benzene rings is 2. The van der Waals surface area contributed by atoms with Gasteiger partial charge in [-0.3, -0.25) is 0 Å². The van der Waals surface area contributed by atoms with Crippen molar-refractivity contribution in [1.82, 2.24) is 0 Å². The topological polar surface area (TPSA) is 59.6 Å². The zero-order chi connectivity index (χ0) is 15.2. The van der Waals surface area contributed by atoms with Gasteiger partial charge in [-0.1, -0.05) is 23.8 Å². The van der Waals surface area contributed by atoms with Crippen molar-refractivity contribution < 1.29 is 14.3 Å². The Morgan fingerprint density at radius 3 is 2.00 bits per heavy atom. The third-order valence-corrected chi connectivity index (χ3v) is 2.98. The molecule has 0 radical (unpaired) electrons. The van der Waals surface area contributed by atoms with Gasteiger partial charge < -0.3 is 20.1 Å². The van der Waals surface area contributed by atoms with Gasteiger partial charge in [0.15, 0.2) is 0 Å². The number of urea groups is 1. The van der Waals surface area contributed by atoms with Gasteiger partial charge in [-0.25, -0.2) is 4.79 Å². The second-order valence-electron chi connectivity index (χ2n) is 4.48. The van der Waals surface area contributed by atoms with E-state index in [9.17, 15) is 4.79 Å². The average molecular weight is 286 g/mol. The summed E-state index contributed by atoms with van der Waals surface area (Å²) in [7, 11) is 3.08. The summed E-state index contributed by atoms with van der Waals surface area (Å²) in [5.41, 5.74) is 2.34. The lowest BCUT2D eigenvalue weighted by Crippen LogP contribution is -2.20. The maximum absolute atomic E-state index is 12.1. The summed E-state index contributed by atoms with van der Waals surface area (Å²) >= 11 is 0. The number of ether oxygens (including phenoxy) is 2. The van der Waals surface area contributed by atoms with Crippen LogP contribution in [0.2, 0.25) is 0 Å². The molecule has 0 aliphatic rings. The van der Waals surface area contributed by atoms with Gasteiger partial charge in [-0.05, 0) is 31.2 Å². The SMILES string of the molecule is COc1cccc(OC)c1NC(=O)Nc1ccc(C)cc1. The maximum atomic E-state index is 12.1. The third kappa shape index (κ3) is 3.66. The minimum Gasteiger partial charge on any atom is -0.494 e. The normalized spacial score (nSPS) is 9.86. The van der Waals surface area contributed by atoms with E-state index in [1.165, 1.54) is 14.2 Å². The molecule has 0 heterocycles. The third-order valence-electron chi connectivity index (χ3n) is 2.98. The number of carbonyl (C=O) groups excluding carboxylic acids is 1. The molecule has 110 valence electrons. The summed E-state index contributed by atoms with van der Waals surface area (Å²) in [6, 6.07) is 12.5. The molecule has 0 aliphatic carbocycles. The number of para-hydroxylation sites is 1. The fourth-order valence-electron chi connectivity index (χ4n) is 1.89. The highest BCUT2D eigenvalue weighted by atomic mass is 16.5. The first-order valence-electron chi connectivity index (χ1n) is 6.49. The Bertz CT molecular complexity index is 602. The number of hydrogen-bond acceptors (Lipinski definition) is 3. The first kappa shape index (κ1) is 14.7. The molecule has 2 N–H and O–H groups in total. The maximum Gasteiger partial charge on any atom is 0.323 e. The molecule has 2 aromatic carbocycles. The van der Waals surface area contributed by atoms with E-state index in [1.54, 1.807) is 18.2 Å². The second-order valence-corrected chi connectivity index (χ2v) is 4.48. The van der Waals surface area contributed by atoms with Gasteiger partial charge in [-0.2, -0.15) is 0 Å². The molecular formula is C16H18N2O3. The molecule has 0 spiro atoms. The van der Waals surface area contributed by atoms with E-state index in [4.69, 9.17) is 9.47 Å². The van der Waals surface area contributed by atoms with Crippen LogP contribution < -0.4 is 20.1 Å². The van der Waals surface area contributed by atoms with Gasteiger partial charge in [0.1, 0.15) is 17.2 Å². The standard InChI is InChI=1S/C16H18N2O3/c1-11-7-9-12(10-8-11)17-16(19)18-15-13(20-2)5-4-6-14(15)21-3/h4-10H,1-3H3,(H2,17,18,19). The van der Waals surface area contributed by atoms with Crippen LogP contribution in [-0.4, -0.2) is 20.3 Å². The minimum atomic E-state index is -0.360. The molecular weight excluding hydrogens is 268 g/mol. The predicted molar refractivity (Wildman–Crippen MR) is 83.4 cm³/mol. The Kier molecular flexibility index (Phi) is 4.66. The van der Waals surface area contributed by atoms with Crippen LogP contribution >= 0.6 is 0 Å². The van der Waals surface area contributed by atoms with E-state index < -0.39 is 0 Å². The number of anilines is 2. The van der Waals surface area contributed by atoms with Crippen molar-refractivity contribution in [2.24, 2.45) is 0 Å². The molecule has 0 bridgehead atoms. The van der Waals surface area contributed by atoms with Crippen molar-refractivity contribution in [3.63, 3.8) is 0 Å². The van der Waals surface area contributed by atoms with Crippen molar-refractivity contribution in [3.05, 3.63) is 48.0 Å². The van der Waals surface area contributed by atoms with E-state index in [-0.39, 0.29) is 6.03 Å². The number of carbonyl (C=O) groups is 1. The van der Waals surface area contributed by atoms with Crippen LogP contribution in [0.1, 0.15) is 5.56 Å². The van der Waals surface area contributed by atoms with Gasteiger partial charge in [0, 0.05) is 5.69 Å². The van der Waals surface area contributed by atoms with Gasteiger partial charge in [0.2, 0.25) is 0 Å². The molecule has 0 saturated carbocycles. The summed E-state index contributed by atoms with van der Waals surface area (Å²) in [6.45, 7) is 1.99. The fourth-order valence-corrected chi connectivity index (χ4v) is 1.89. The van der Waals surface area contributed by atoms with Crippen molar-refractivity contribution in [2.75, 3.05) is 24.9 Å². The zero-order valence-electron chi connectivity index (χ0n) is 12.3. The van der Waals surface area contributed by atoms with Crippen molar-refractivity contribution in [2.45, 2.75) is 6.92 Å². The number of amides is 2. The van der Waals surface area contributed by atoms with E-state index in [2.05, 4.69) is 10.6 Å². The van der Waals surface area contributed by atoms with Gasteiger partial charge in [0.05, 0.1) is 14.2 Å². The molecule has 0 aromatic heterocycles. The highest BCUT2D eigenvalue weighted by Crippen LogP contribution is 2.34. The van der Waals surface area contributed by atoms with Crippen LogP contribution in [0.3, 0.4) is 0 Å². The summed E-state index contributed by atoms with van der Waals surface area (Å²) in [5, 5.41) is 5.50. The van der Waals surface area contributed by atoms with E-state index in [0.29, 0.717) is 22.9 Å². The quantitative estimate of drug-likeness (QED) is 0.901. The first-order valence-corrected chi connectivity index (χ1v) is 6.49. The summed E-state index contributed by atoms with van der Waals surface area (Å²) < 4.78 is 10.5. The lowest BCUT2D eigenvalue weighted by Gasteiger charge is -2.14. The molecule has 0 saturated heterocycles. The Morgan fingerprint density at radius 1 is 0.905 bits per heavy atom. The van der Waals surface area contributed by atoms with Crippen LogP contribution in [0, 0.1) is 6.92 Å². The number of rotatable bonds is 4. The Hall–Kier alpha value is -2.69. The van der Waals surface area contributed by atoms with Gasteiger partial charge >= 0.3 is 6.03 Å². The van der Waals surface area contributed by atoms with Crippen LogP contribution in [0.4, 0.5) is 16.2 Å². The van der Waals surface area contributed by atoms with Crippen molar-refractivity contribution in [3.8, 4) is 11.5 Å². The smallest absolute Gasteiger partial charge is 0.323 e. The average Bonchev–Trinajstić information content (AvgIpc) is 2.49. The molecule has 0 aliphatic heterocycles. The number of methoxy groups -OCH3 is 2. The fraction of sp³-hybridized carbons (Fsp3) is 0.188. The van der Waals surface area contributed by atoms with Crippen molar-refractivity contribution >= 4 is 17.4 Å². The summed E-state index contributed by atoms with van der Waals surface area (Å²) in [5.74, 6) is 1.07. The Morgan fingerprint density at radius 2 is 1.48 bits per heavy atom. The summed E-state index contributed by atoms with van der Waals surface area (Å²) in [6.07, 6.45) is 0. The molecule has 2 amide bonds. The Balaban J connectivity index is 2.14. The predicted octanol–water partition coefficient (Wildman–Crippen LogP) is 3.66. The molecule has 2 aromatic rings. The second kappa shape index (κ2) is 6.65. The monoisotopic (exact) mass is 286 g/mol. The lowest BCUT2D eigenvalue weighted by atomic mass is 10.2. The lowest BCUT2D eigenvalue weighted by molar-refractivity contribution is 0.262. The first-order chi connectivity index (χ1) is 10.1. The molecule has 0 fully saturated rings. The van der Waals surface area contributed by atoms with Crippen LogP contribution in [0.5, 0.6) is 11.5 Å². The van der Waals surface area contributed by atoms with E-state index >= 15 is 0 Å². The number of nitrogens with one attached hydrogen (secondary N) is 2. The van der Waals surface area contributed by atoms with Crippen LogP contribution in [0.25, 0.3) is 0 Å². The molecule has 0 atom stereocenters. The Labute approximate surface area is 123 Å². The highest BCUT2D eigenvalue weighted by molar-refractivity contribution is 6.01. The molecule has 21 heavy (non-hydrogen) atoms. The van der Waals surface area contributed by atoms with Gasteiger partial charge in [0.25, 0.3) is 0 Å². The zero-order valence-corrected chi connectivity index (χ0v) is 12.3. The number of hydrogen-bond donors (Lipinski definition) is 2. The van der Waals surface area contributed by atoms with E-state index in [1.807, 2.05) is 31.2 Å². The molecule has 5 heteroatoms. The highest BCUT2D eigenvalue weighted by Gasteiger charge is 2.12.